The van der Waals surface area contributed by atoms with E-state index in [0.29, 0.717) is 0 Å². The third-order valence-corrected chi connectivity index (χ3v) is 10.1. The third-order valence-electron chi connectivity index (χ3n) is 9.45. The fraction of sp³-hybridized carbons (Fsp3) is 0.897. The molecule has 0 unspecified atom stereocenters. The molecule has 0 aliphatic heterocycles. The zero-order chi connectivity index (χ0) is 29.5. The predicted molar refractivity (Wildman–Crippen MR) is 187 cm³/mol. The Labute approximate surface area is 263 Å². The van der Waals surface area contributed by atoms with Crippen molar-refractivity contribution in [2.75, 3.05) is 0 Å². The monoisotopic (exact) mass is 591 g/mol. The van der Waals surface area contributed by atoms with Crippen molar-refractivity contribution >= 4 is 11.3 Å². The van der Waals surface area contributed by atoms with Gasteiger partial charge in [-0.25, -0.2) is 0 Å². The highest BCUT2D eigenvalue weighted by Crippen LogP contribution is 2.34. The van der Waals surface area contributed by atoms with E-state index in [-0.39, 0.29) is 0 Å². The Balaban J connectivity index is 1.99. The van der Waals surface area contributed by atoms with Crippen molar-refractivity contribution in [1.82, 2.24) is 0 Å². The lowest BCUT2D eigenvalue weighted by Crippen LogP contribution is -2.25. The minimum atomic E-state index is -0.590. The van der Waals surface area contributed by atoms with Crippen LogP contribution in [0.5, 0.6) is 0 Å². The molecular weight excluding hydrogens is 516 g/mol. The molecule has 0 amide bonds. The van der Waals surface area contributed by atoms with Crippen LogP contribution in [-0.2, 0) is 5.60 Å². The summed E-state index contributed by atoms with van der Waals surface area (Å²) in [6, 6.07) is 2.17. The first-order valence-corrected chi connectivity index (χ1v) is 19.9. The average molecular weight is 591 g/mol. The number of aliphatic hydroxyl groups is 1. The summed E-state index contributed by atoms with van der Waals surface area (Å²) in [5, 5.41) is 15.9. The van der Waals surface area contributed by atoms with Gasteiger partial charge >= 0.3 is 0 Å². The van der Waals surface area contributed by atoms with Crippen LogP contribution < -0.4 is 0 Å². The lowest BCUT2D eigenvalue weighted by molar-refractivity contribution is 0.0136. The van der Waals surface area contributed by atoms with E-state index in [0.717, 1.165) is 12.8 Å². The first-order chi connectivity index (χ1) is 20.2. The lowest BCUT2D eigenvalue weighted by Gasteiger charge is -2.28. The molecule has 0 bridgehead atoms. The Bertz CT molecular complexity index is 575. The molecule has 0 atom stereocenters. The van der Waals surface area contributed by atoms with Crippen LogP contribution in [0.1, 0.15) is 225 Å². The molecule has 1 rings (SSSR count). The molecule has 0 fully saturated rings. The average Bonchev–Trinajstić information content (AvgIpc) is 3.53. The lowest BCUT2D eigenvalue weighted by atomic mass is 9.85. The highest BCUT2D eigenvalue weighted by atomic mass is 32.1. The highest BCUT2D eigenvalue weighted by molar-refractivity contribution is 7.08. The van der Waals surface area contributed by atoms with Crippen LogP contribution >= 0.6 is 11.3 Å². The van der Waals surface area contributed by atoms with Gasteiger partial charge in [0.25, 0.3) is 0 Å². The van der Waals surface area contributed by atoms with E-state index in [4.69, 9.17) is 0 Å². The van der Waals surface area contributed by atoms with Crippen molar-refractivity contribution < 1.29 is 5.11 Å². The molecule has 2 heteroatoms. The first-order valence-electron chi connectivity index (χ1n) is 19.0. The van der Waals surface area contributed by atoms with E-state index < -0.39 is 5.60 Å². The van der Waals surface area contributed by atoms with Crippen LogP contribution in [-0.4, -0.2) is 5.11 Å². The summed E-state index contributed by atoms with van der Waals surface area (Å²) in [7, 11) is 0. The molecule has 1 aromatic rings. The smallest absolute Gasteiger partial charge is 0.0904 e. The number of unbranched alkanes of at least 4 members (excludes halogenated alkanes) is 28. The molecule has 0 radical (unpaired) electrons. The van der Waals surface area contributed by atoms with E-state index in [2.05, 4.69) is 30.7 Å². The Kier molecular flexibility index (Phi) is 28.0. The summed E-state index contributed by atoms with van der Waals surface area (Å²) in [4.78, 5) is 0. The van der Waals surface area contributed by atoms with Gasteiger partial charge in [0.2, 0.25) is 0 Å². The molecule has 0 saturated heterocycles. The number of thiophene rings is 1. The van der Waals surface area contributed by atoms with E-state index >= 15 is 0 Å². The summed E-state index contributed by atoms with van der Waals surface area (Å²) >= 11 is 1.73. The van der Waals surface area contributed by atoms with Crippen LogP contribution in [0.25, 0.3) is 0 Å². The number of hydrogen-bond acceptors (Lipinski definition) is 2. The normalized spacial score (nSPS) is 12.0. The van der Waals surface area contributed by atoms with Gasteiger partial charge in [0, 0.05) is 0 Å². The summed E-state index contributed by atoms with van der Waals surface area (Å²) in [6.45, 7) is 4.60. The van der Waals surface area contributed by atoms with Gasteiger partial charge in [0.15, 0.2) is 0 Å². The van der Waals surface area contributed by atoms with Crippen LogP contribution in [0.2, 0.25) is 0 Å². The Hall–Kier alpha value is -0.340. The maximum Gasteiger partial charge on any atom is 0.0904 e. The number of rotatable bonds is 33. The SMILES string of the molecule is CCCCCCCCCCCCCCCCCC(O)(CCCCCCCCCCCCCCCCC)c1ccsc1. The zero-order valence-corrected chi connectivity index (χ0v) is 29.0. The van der Waals surface area contributed by atoms with Crippen molar-refractivity contribution in [1.29, 1.82) is 0 Å². The molecule has 0 aliphatic carbocycles. The Morgan fingerprint density at radius 1 is 0.439 bits per heavy atom. The summed E-state index contributed by atoms with van der Waals surface area (Å²) in [5.41, 5.74) is 0.589. The molecule has 0 aromatic carbocycles. The zero-order valence-electron chi connectivity index (χ0n) is 28.2. The molecular formula is C39H74OS. The van der Waals surface area contributed by atoms with Gasteiger partial charge in [0.1, 0.15) is 0 Å². The predicted octanol–water partition coefficient (Wildman–Crippen LogP) is 14.5. The van der Waals surface area contributed by atoms with Crippen molar-refractivity contribution in [3.63, 3.8) is 0 Å². The largest absolute Gasteiger partial charge is 0.385 e. The van der Waals surface area contributed by atoms with E-state index in [9.17, 15) is 5.11 Å². The third kappa shape index (κ3) is 23.8. The number of hydrogen-bond donors (Lipinski definition) is 1. The maximum atomic E-state index is 11.6. The van der Waals surface area contributed by atoms with E-state index in [1.165, 1.54) is 198 Å². The summed E-state index contributed by atoms with van der Waals surface area (Å²) < 4.78 is 0. The van der Waals surface area contributed by atoms with Gasteiger partial charge in [-0.2, -0.15) is 11.3 Å². The van der Waals surface area contributed by atoms with Crippen LogP contribution in [0, 0.1) is 0 Å². The fourth-order valence-electron chi connectivity index (χ4n) is 6.52. The first kappa shape index (κ1) is 38.7. The van der Waals surface area contributed by atoms with Crippen molar-refractivity contribution in [2.24, 2.45) is 0 Å². The molecule has 0 saturated carbocycles. The highest BCUT2D eigenvalue weighted by Gasteiger charge is 2.28. The second-order valence-electron chi connectivity index (χ2n) is 13.4. The molecule has 0 aliphatic rings. The molecule has 1 N–H and O–H groups in total. The second-order valence-corrected chi connectivity index (χ2v) is 14.2. The van der Waals surface area contributed by atoms with Crippen LogP contribution in [0.3, 0.4) is 0 Å². The second kappa shape index (κ2) is 29.7. The van der Waals surface area contributed by atoms with Crippen LogP contribution in [0.4, 0.5) is 0 Å². The Morgan fingerprint density at radius 3 is 0.951 bits per heavy atom. The molecule has 0 spiro atoms. The quantitative estimate of drug-likeness (QED) is 0.0807. The van der Waals surface area contributed by atoms with Crippen LogP contribution in [0.15, 0.2) is 16.8 Å². The maximum absolute atomic E-state index is 11.6. The van der Waals surface area contributed by atoms with Crippen molar-refractivity contribution in [3.05, 3.63) is 22.4 Å². The van der Waals surface area contributed by atoms with Gasteiger partial charge in [-0.05, 0) is 35.2 Å². The summed E-state index contributed by atoms with van der Waals surface area (Å²) in [5.74, 6) is 0. The van der Waals surface area contributed by atoms with E-state index in [1.54, 1.807) is 11.3 Å². The standard InChI is InChI=1S/C39H74OS/c1-3-5-7-9-11-13-15-17-19-21-23-25-27-29-31-34-39(40,38-33-36-41-37-38)35-32-30-28-26-24-22-20-18-16-14-12-10-8-6-4-2/h33,36-37,40H,3-32,34-35H2,1-2H3. The van der Waals surface area contributed by atoms with Crippen molar-refractivity contribution in [2.45, 2.75) is 225 Å². The fourth-order valence-corrected chi connectivity index (χ4v) is 7.27. The van der Waals surface area contributed by atoms with Gasteiger partial charge in [-0.15, -0.1) is 0 Å². The molecule has 1 nitrogen and oxygen atoms in total. The van der Waals surface area contributed by atoms with Gasteiger partial charge in [-0.1, -0.05) is 206 Å². The molecule has 242 valence electrons. The van der Waals surface area contributed by atoms with Crippen molar-refractivity contribution in [3.8, 4) is 0 Å². The van der Waals surface area contributed by atoms with Gasteiger partial charge in [0.05, 0.1) is 5.60 Å². The van der Waals surface area contributed by atoms with E-state index in [1.807, 2.05) is 0 Å². The molecule has 41 heavy (non-hydrogen) atoms. The Morgan fingerprint density at radius 2 is 0.707 bits per heavy atom. The topological polar surface area (TPSA) is 20.2 Å². The molecule has 1 aromatic heterocycles. The van der Waals surface area contributed by atoms with Gasteiger partial charge < -0.3 is 5.11 Å². The summed E-state index contributed by atoms with van der Waals surface area (Å²) in [6.07, 6.45) is 43.7. The van der Waals surface area contributed by atoms with Gasteiger partial charge in [-0.3, -0.25) is 0 Å². The molecule has 1 heterocycles. The minimum Gasteiger partial charge on any atom is -0.385 e. The minimum absolute atomic E-state index is 0.590.